The lowest BCUT2D eigenvalue weighted by atomic mass is 9.86. The van der Waals surface area contributed by atoms with Gasteiger partial charge in [-0.25, -0.2) is 22.9 Å². The molecular formula is C46H60F3N11O6S. The Bertz CT molecular complexity index is 2690. The number of para-hydroxylation sites is 1. The Kier molecular flexibility index (Phi) is 13.0. The molecule has 0 bridgehead atoms. The molecule has 2 aromatic carbocycles. The molecule has 4 aromatic rings. The van der Waals surface area contributed by atoms with E-state index in [1.54, 1.807) is 31.5 Å². The largest absolute Gasteiger partial charge is 0.421 e. The summed E-state index contributed by atoms with van der Waals surface area (Å²) in [7, 11) is -2.10. The van der Waals surface area contributed by atoms with Gasteiger partial charge in [-0.15, -0.1) is 0 Å². The molecule has 67 heavy (non-hydrogen) atoms. The number of hydrogen-bond acceptors (Lipinski definition) is 13. The number of aliphatic hydroxyl groups is 1. The second-order valence-electron chi connectivity index (χ2n) is 19.5. The van der Waals surface area contributed by atoms with E-state index in [4.69, 9.17) is 0 Å². The van der Waals surface area contributed by atoms with Gasteiger partial charge in [0.05, 0.1) is 21.5 Å². The van der Waals surface area contributed by atoms with E-state index in [1.165, 1.54) is 21.6 Å². The summed E-state index contributed by atoms with van der Waals surface area (Å²) in [5.74, 6) is -0.557. The summed E-state index contributed by atoms with van der Waals surface area (Å²) in [6, 6.07) is 9.80. The monoisotopic (exact) mass is 951 g/mol. The van der Waals surface area contributed by atoms with Crippen LogP contribution in [0.4, 0.5) is 30.6 Å². The van der Waals surface area contributed by atoms with Crippen LogP contribution in [0.3, 0.4) is 0 Å². The highest BCUT2D eigenvalue weighted by Gasteiger charge is 2.41. The summed E-state index contributed by atoms with van der Waals surface area (Å²) >= 11 is 0. The number of piperidine rings is 3. The minimum Gasteiger partial charge on any atom is -0.388 e. The Hall–Kier alpha value is -4.93. The van der Waals surface area contributed by atoms with Crippen molar-refractivity contribution in [2.45, 2.75) is 107 Å². The fourth-order valence-corrected chi connectivity index (χ4v) is 12.1. The predicted octanol–water partition coefficient (Wildman–Crippen LogP) is 3.87. The van der Waals surface area contributed by atoms with E-state index in [9.17, 15) is 41.1 Å². The van der Waals surface area contributed by atoms with Crippen LogP contribution in [0.5, 0.6) is 0 Å². The second kappa shape index (κ2) is 18.5. The summed E-state index contributed by atoms with van der Waals surface area (Å²) in [6.45, 7) is 11.0. The number of nitrogens with zero attached hydrogens (tertiary/aromatic N) is 8. The molecule has 362 valence electrons. The highest BCUT2D eigenvalue weighted by molar-refractivity contribution is 7.89. The number of imidazole rings is 1. The van der Waals surface area contributed by atoms with Crippen molar-refractivity contribution in [3.05, 3.63) is 69.8 Å². The van der Waals surface area contributed by atoms with E-state index < -0.39 is 39.3 Å². The number of imide groups is 1. The number of likely N-dealkylation sites (tertiary alicyclic amines) is 1. The van der Waals surface area contributed by atoms with Gasteiger partial charge in [-0.3, -0.25) is 33.8 Å². The number of rotatable bonds is 12. The maximum atomic E-state index is 14.0. The fraction of sp³-hybridized carbons (Fsp3) is 0.587. The van der Waals surface area contributed by atoms with Crippen LogP contribution in [0.2, 0.25) is 0 Å². The Balaban J connectivity index is 0.722. The van der Waals surface area contributed by atoms with Crippen LogP contribution in [-0.4, -0.2) is 136 Å². The van der Waals surface area contributed by atoms with E-state index in [0.717, 1.165) is 88.8 Å². The molecule has 2 amide bonds. The second-order valence-corrected chi connectivity index (χ2v) is 21.2. The SMILES string of the molecule is Cc1cc(S(=O)(=O)NC2CC(N3CCN(CC4CCN(Cc5cccc6c5n(C)c(=O)n6C5CCC(=O)NC5=O)CC4)CC3)C2)ccc1Nc1ncc(C(F)(F)F)c(N2CCC[C@](C)(O)C2)n1. The van der Waals surface area contributed by atoms with Gasteiger partial charge in [-0.05, 0) is 113 Å². The maximum Gasteiger partial charge on any atom is 0.421 e. The topological polar surface area (TPSA) is 190 Å². The Morgan fingerprint density at radius 3 is 2.40 bits per heavy atom. The zero-order valence-electron chi connectivity index (χ0n) is 38.2. The number of nitrogens with one attached hydrogen (secondary N) is 3. The van der Waals surface area contributed by atoms with E-state index in [0.29, 0.717) is 61.1 Å². The van der Waals surface area contributed by atoms with Crippen molar-refractivity contribution in [3.8, 4) is 0 Å². The molecule has 6 heterocycles. The molecule has 21 heteroatoms. The average molecular weight is 952 g/mol. The molecule has 5 aliphatic rings. The highest BCUT2D eigenvalue weighted by Crippen LogP contribution is 2.38. The lowest BCUT2D eigenvalue weighted by Crippen LogP contribution is -2.58. The van der Waals surface area contributed by atoms with Crippen molar-refractivity contribution >= 4 is 50.3 Å². The van der Waals surface area contributed by atoms with Gasteiger partial charge in [0.2, 0.25) is 27.8 Å². The van der Waals surface area contributed by atoms with E-state index >= 15 is 0 Å². The summed E-state index contributed by atoms with van der Waals surface area (Å²) in [5.41, 5.74) is 1.16. The first kappa shape index (κ1) is 47.1. The van der Waals surface area contributed by atoms with Crippen LogP contribution in [-0.2, 0) is 39.4 Å². The third-order valence-electron chi connectivity index (χ3n) is 14.5. The van der Waals surface area contributed by atoms with Gasteiger partial charge in [0.25, 0.3) is 0 Å². The molecule has 4 aliphatic heterocycles. The van der Waals surface area contributed by atoms with Gasteiger partial charge in [0, 0.05) is 89.8 Å². The lowest BCUT2D eigenvalue weighted by molar-refractivity contribution is -0.138. The Labute approximate surface area is 387 Å². The summed E-state index contributed by atoms with van der Waals surface area (Å²) in [4.78, 5) is 55.0. The number of carbonyl (C=O) groups excluding carboxylic acids is 2. The third kappa shape index (κ3) is 10.1. The summed E-state index contributed by atoms with van der Waals surface area (Å²) in [5, 5.41) is 15.9. The smallest absolute Gasteiger partial charge is 0.388 e. The normalized spacial score (nSPS) is 25.4. The number of sulfonamides is 1. The number of hydrogen-bond donors (Lipinski definition) is 4. The number of anilines is 3. The number of carbonyl (C=O) groups is 2. The molecule has 4 saturated heterocycles. The molecule has 17 nitrogen and oxygen atoms in total. The van der Waals surface area contributed by atoms with Gasteiger partial charge in [0.1, 0.15) is 17.4 Å². The van der Waals surface area contributed by atoms with Crippen LogP contribution < -0.4 is 25.9 Å². The van der Waals surface area contributed by atoms with Crippen molar-refractivity contribution in [2.75, 3.05) is 69.1 Å². The third-order valence-corrected chi connectivity index (χ3v) is 16.0. The summed E-state index contributed by atoms with van der Waals surface area (Å²) < 4.78 is 74.9. The minimum atomic E-state index is -4.70. The van der Waals surface area contributed by atoms with E-state index in [-0.39, 0.29) is 47.3 Å². The molecular weight excluding hydrogens is 892 g/mol. The number of aryl methyl sites for hydroxylation is 2. The zero-order valence-corrected chi connectivity index (χ0v) is 39.0. The van der Waals surface area contributed by atoms with Crippen LogP contribution in [0, 0.1) is 12.8 Å². The van der Waals surface area contributed by atoms with Crippen molar-refractivity contribution in [2.24, 2.45) is 13.0 Å². The molecule has 0 radical (unpaired) electrons. The first-order valence-electron chi connectivity index (χ1n) is 23.3. The fourth-order valence-electron chi connectivity index (χ4n) is 10.7. The minimum absolute atomic E-state index is 0.00512. The Morgan fingerprint density at radius 1 is 0.970 bits per heavy atom. The molecule has 4 N–H and O–H groups in total. The number of alkyl halides is 3. The summed E-state index contributed by atoms with van der Waals surface area (Å²) in [6.07, 6.45) is 1.11. The van der Waals surface area contributed by atoms with E-state index in [1.807, 2.05) is 18.2 Å². The van der Waals surface area contributed by atoms with Crippen LogP contribution in [0.15, 0.2) is 52.3 Å². The average Bonchev–Trinajstić information content (AvgIpc) is 3.52. The molecule has 2 atom stereocenters. The highest BCUT2D eigenvalue weighted by atomic mass is 32.2. The molecule has 0 spiro atoms. The molecule has 9 rings (SSSR count). The van der Waals surface area contributed by atoms with Gasteiger partial charge in [-0.2, -0.15) is 18.2 Å². The molecule has 1 saturated carbocycles. The Morgan fingerprint density at radius 2 is 1.72 bits per heavy atom. The van der Waals surface area contributed by atoms with Crippen LogP contribution in [0.25, 0.3) is 11.0 Å². The first-order valence-corrected chi connectivity index (χ1v) is 24.8. The van der Waals surface area contributed by atoms with Crippen molar-refractivity contribution < 1.29 is 36.3 Å². The van der Waals surface area contributed by atoms with Crippen LogP contribution >= 0.6 is 0 Å². The van der Waals surface area contributed by atoms with Crippen LogP contribution in [0.1, 0.15) is 81.0 Å². The number of benzene rings is 2. The van der Waals surface area contributed by atoms with Crippen molar-refractivity contribution in [1.82, 2.24) is 43.8 Å². The number of fused-ring (bicyclic) bond motifs is 1. The first-order chi connectivity index (χ1) is 31.8. The molecule has 2 aromatic heterocycles. The van der Waals surface area contributed by atoms with E-state index in [2.05, 4.69) is 40.0 Å². The molecule has 5 fully saturated rings. The van der Waals surface area contributed by atoms with Gasteiger partial charge in [-0.1, -0.05) is 12.1 Å². The number of amides is 2. The molecule has 1 unspecified atom stereocenters. The number of halogens is 3. The lowest BCUT2D eigenvalue weighted by Gasteiger charge is -2.47. The number of piperazine rings is 1. The molecule has 1 aliphatic carbocycles. The van der Waals surface area contributed by atoms with Gasteiger partial charge >= 0.3 is 11.9 Å². The number of β-amino-alcohol motifs (C(OH)–C–C–N with tert-alkyl or cyclic N) is 1. The number of aromatic nitrogens is 4. The predicted molar refractivity (Wildman–Crippen MR) is 245 cm³/mol. The van der Waals surface area contributed by atoms with Gasteiger partial charge < -0.3 is 20.2 Å². The zero-order chi connectivity index (χ0) is 47.4. The quantitative estimate of drug-likeness (QED) is 0.150. The van der Waals surface area contributed by atoms with Crippen molar-refractivity contribution in [3.63, 3.8) is 0 Å². The maximum absolute atomic E-state index is 14.0. The van der Waals surface area contributed by atoms with Gasteiger partial charge in [0.15, 0.2) is 0 Å². The standard InChI is InChI=1S/C46H60F3N11O6S/c1-29-22-34(8-9-36(29)51-43-50-25-35(46(47,48)49)41(53-43)59-15-5-14-45(2,64)28-59)67(65,66)54-32-23-33(24-32)58-20-18-57(19-21-58)26-30-12-16-56(17-13-30)27-31-6-4-7-37-40(31)55(3)44(63)60(37)38-10-11-39(61)52-42(38)62/h4,6-9,22,25,30,32-33,38,54,64H,5,10-21,23-24,26-28H2,1-3H3,(H,50,51,53)(H,52,61,62)/t32?,33?,38?,45-/m0/s1. The van der Waals surface area contributed by atoms with Crippen molar-refractivity contribution in [1.29, 1.82) is 0 Å².